The van der Waals surface area contributed by atoms with E-state index in [0.29, 0.717) is 0 Å². The van der Waals surface area contributed by atoms with Crippen molar-refractivity contribution in [1.82, 2.24) is 0 Å². The molecular weight excluding hydrogens is 150 g/mol. The second-order valence-electron chi connectivity index (χ2n) is 3.03. The van der Waals surface area contributed by atoms with Gasteiger partial charge in [0, 0.05) is 18.9 Å². The number of aliphatic imine (C=N–C) groups is 1. The minimum Gasteiger partial charge on any atom is -0.396 e. The van der Waals surface area contributed by atoms with Crippen molar-refractivity contribution in [2.24, 2.45) is 4.99 Å². The first-order valence-electron chi connectivity index (χ1n) is 4.98. The van der Waals surface area contributed by atoms with Crippen molar-refractivity contribution in [2.45, 2.75) is 46.0 Å². The molecule has 72 valence electrons. The van der Waals surface area contributed by atoms with Crippen LogP contribution in [0.4, 0.5) is 0 Å². The van der Waals surface area contributed by atoms with Crippen LogP contribution in [0.15, 0.2) is 4.99 Å². The maximum atomic E-state index is 8.57. The summed E-state index contributed by atoms with van der Waals surface area (Å²) in [5.41, 5.74) is 1.33. The van der Waals surface area contributed by atoms with Crippen molar-refractivity contribution >= 4 is 5.71 Å². The molecule has 0 aromatic rings. The van der Waals surface area contributed by atoms with Gasteiger partial charge in [-0.05, 0) is 19.3 Å². The molecule has 0 fully saturated rings. The summed E-state index contributed by atoms with van der Waals surface area (Å²) in [6.07, 6.45) is 5.41. The summed E-state index contributed by atoms with van der Waals surface area (Å²) in [5, 5.41) is 8.57. The van der Waals surface area contributed by atoms with Crippen molar-refractivity contribution < 1.29 is 5.11 Å². The second kappa shape index (κ2) is 8.72. The predicted octanol–water partition coefficient (Wildman–Crippen LogP) is 2.41. The largest absolute Gasteiger partial charge is 0.396 e. The van der Waals surface area contributed by atoms with Crippen LogP contribution in [0.1, 0.15) is 46.0 Å². The van der Waals surface area contributed by atoms with E-state index in [1.54, 1.807) is 0 Å². The summed E-state index contributed by atoms with van der Waals surface area (Å²) in [5.74, 6) is 0. The number of nitrogens with zero attached hydrogens (tertiary/aromatic N) is 1. The van der Waals surface area contributed by atoms with Crippen LogP contribution in [-0.4, -0.2) is 24.0 Å². The molecule has 1 N–H and O–H groups in total. The Kier molecular flexibility index (Phi) is 8.46. The van der Waals surface area contributed by atoms with Crippen LogP contribution in [-0.2, 0) is 0 Å². The Morgan fingerprint density at radius 2 is 1.75 bits per heavy atom. The first-order valence-corrected chi connectivity index (χ1v) is 4.98. The van der Waals surface area contributed by atoms with E-state index in [2.05, 4.69) is 18.8 Å². The molecular formula is C10H21NO. The first-order chi connectivity index (χ1) is 5.85. The Labute approximate surface area is 75.7 Å². The average Bonchev–Trinajstić information content (AvgIpc) is 2.06. The lowest BCUT2D eigenvalue weighted by Gasteiger charge is -2.02. The molecule has 12 heavy (non-hydrogen) atoms. The van der Waals surface area contributed by atoms with E-state index in [0.717, 1.165) is 25.8 Å². The van der Waals surface area contributed by atoms with Gasteiger partial charge >= 0.3 is 0 Å². The number of aliphatic hydroxyl groups is 1. The Hall–Kier alpha value is -0.370. The molecule has 0 saturated heterocycles. The first kappa shape index (κ1) is 11.6. The fourth-order valence-electron chi connectivity index (χ4n) is 1.17. The number of hydrogen-bond acceptors (Lipinski definition) is 2. The third-order valence-corrected chi connectivity index (χ3v) is 1.73. The highest BCUT2D eigenvalue weighted by Crippen LogP contribution is 2.01. The zero-order valence-corrected chi connectivity index (χ0v) is 8.34. The van der Waals surface area contributed by atoms with Crippen LogP contribution in [0, 0.1) is 0 Å². The lowest BCUT2D eigenvalue weighted by atomic mass is 10.1. The monoisotopic (exact) mass is 171 g/mol. The summed E-state index contributed by atoms with van der Waals surface area (Å²) in [7, 11) is 0. The van der Waals surface area contributed by atoms with Crippen LogP contribution in [0.5, 0.6) is 0 Å². The lowest BCUT2D eigenvalue weighted by Crippen LogP contribution is -1.99. The summed E-state index contributed by atoms with van der Waals surface area (Å²) in [6.45, 7) is 5.41. The van der Waals surface area contributed by atoms with Gasteiger partial charge < -0.3 is 5.11 Å². The zero-order chi connectivity index (χ0) is 9.23. The van der Waals surface area contributed by atoms with E-state index in [1.807, 2.05) is 0 Å². The van der Waals surface area contributed by atoms with Crippen molar-refractivity contribution in [3.63, 3.8) is 0 Å². The second-order valence-corrected chi connectivity index (χ2v) is 3.03. The van der Waals surface area contributed by atoms with Crippen molar-refractivity contribution in [3.8, 4) is 0 Å². The van der Waals surface area contributed by atoms with Crippen LogP contribution < -0.4 is 0 Å². The normalized spacial score (nSPS) is 9.92. The summed E-state index contributed by atoms with van der Waals surface area (Å²) in [4.78, 5) is 4.45. The minimum absolute atomic E-state index is 0.259. The van der Waals surface area contributed by atoms with Gasteiger partial charge in [0.2, 0.25) is 0 Å². The van der Waals surface area contributed by atoms with Gasteiger partial charge in [-0.3, -0.25) is 4.99 Å². The van der Waals surface area contributed by atoms with Gasteiger partial charge in [-0.2, -0.15) is 0 Å². The molecule has 0 aliphatic rings. The molecule has 2 nitrogen and oxygen atoms in total. The minimum atomic E-state index is 0.259. The Balaban J connectivity index is 3.64. The van der Waals surface area contributed by atoms with Gasteiger partial charge in [-0.1, -0.05) is 26.7 Å². The molecule has 0 aromatic heterocycles. The van der Waals surface area contributed by atoms with Crippen LogP contribution in [0.3, 0.4) is 0 Å². The van der Waals surface area contributed by atoms with E-state index in [-0.39, 0.29) is 6.61 Å². The zero-order valence-electron chi connectivity index (χ0n) is 8.34. The van der Waals surface area contributed by atoms with Crippen LogP contribution in [0.25, 0.3) is 0 Å². The van der Waals surface area contributed by atoms with Crippen LogP contribution in [0.2, 0.25) is 0 Å². The SMILES string of the molecule is CCCC(CCC)=NCCCO. The van der Waals surface area contributed by atoms with E-state index in [1.165, 1.54) is 18.6 Å². The van der Waals surface area contributed by atoms with E-state index >= 15 is 0 Å². The summed E-state index contributed by atoms with van der Waals surface area (Å²) >= 11 is 0. The molecule has 0 aliphatic heterocycles. The Morgan fingerprint density at radius 1 is 1.17 bits per heavy atom. The molecule has 0 atom stereocenters. The third kappa shape index (κ3) is 6.35. The van der Waals surface area contributed by atoms with E-state index in [9.17, 15) is 0 Å². The average molecular weight is 171 g/mol. The molecule has 0 amide bonds. The van der Waals surface area contributed by atoms with Gasteiger partial charge in [-0.25, -0.2) is 0 Å². The molecule has 0 unspecified atom stereocenters. The highest BCUT2D eigenvalue weighted by molar-refractivity contribution is 5.84. The molecule has 0 aliphatic carbocycles. The van der Waals surface area contributed by atoms with Crippen molar-refractivity contribution in [2.75, 3.05) is 13.2 Å². The fourth-order valence-corrected chi connectivity index (χ4v) is 1.17. The van der Waals surface area contributed by atoms with Crippen molar-refractivity contribution in [1.29, 1.82) is 0 Å². The van der Waals surface area contributed by atoms with Gasteiger partial charge in [0.15, 0.2) is 0 Å². The highest BCUT2D eigenvalue weighted by atomic mass is 16.2. The smallest absolute Gasteiger partial charge is 0.0448 e. The molecule has 2 heteroatoms. The number of rotatable bonds is 7. The third-order valence-electron chi connectivity index (χ3n) is 1.73. The van der Waals surface area contributed by atoms with Gasteiger partial charge in [0.05, 0.1) is 0 Å². The predicted molar refractivity (Wildman–Crippen MR) is 53.8 cm³/mol. The highest BCUT2D eigenvalue weighted by Gasteiger charge is 1.95. The Bertz CT molecular complexity index is 113. The van der Waals surface area contributed by atoms with Gasteiger partial charge in [-0.15, -0.1) is 0 Å². The van der Waals surface area contributed by atoms with E-state index < -0.39 is 0 Å². The van der Waals surface area contributed by atoms with Crippen LogP contribution >= 0.6 is 0 Å². The molecule has 0 radical (unpaired) electrons. The lowest BCUT2D eigenvalue weighted by molar-refractivity contribution is 0.291. The molecule has 0 heterocycles. The fraction of sp³-hybridized carbons (Fsp3) is 0.900. The quantitative estimate of drug-likeness (QED) is 0.463. The topological polar surface area (TPSA) is 32.6 Å². The molecule has 0 rings (SSSR count). The van der Waals surface area contributed by atoms with Crippen molar-refractivity contribution in [3.05, 3.63) is 0 Å². The molecule has 0 saturated carbocycles. The maximum Gasteiger partial charge on any atom is 0.0448 e. The molecule has 0 aromatic carbocycles. The molecule has 0 bridgehead atoms. The number of aliphatic hydroxyl groups excluding tert-OH is 1. The van der Waals surface area contributed by atoms with E-state index in [4.69, 9.17) is 5.11 Å². The summed E-state index contributed by atoms with van der Waals surface area (Å²) < 4.78 is 0. The van der Waals surface area contributed by atoms with Gasteiger partial charge in [0.25, 0.3) is 0 Å². The van der Waals surface area contributed by atoms with Gasteiger partial charge in [0.1, 0.15) is 0 Å². The molecule has 0 spiro atoms. The summed E-state index contributed by atoms with van der Waals surface area (Å²) in [6, 6.07) is 0. The standard InChI is InChI=1S/C10H21NO/c1-3-6-10(7-4-2)11-8-5-9-12/h12H,3-9H2,1-2H3. The number of hydrogen-bond donors (Lipinski definition) is 1. The maximum absolute atomic E-state index is 8.57. The Morgan fingerprint density at radius 3 is 2.17 bits per heavy atom.